The van der Waals surface area contributed by atoms with Gasteiger partial charge in [0.15, 0.2) is 6.61 Å². The third kappa shape index (κ3) is 2.88. The molecule has 0 amide bonds. The van der Waals surface area contributed by atoms with Crippen LogP contribution >= 0.6 is 0 Å². The number of rotatable bonds is 4. The fourth-order valence-corrected chi connectivity index (χ4v) is 1.66. The maximum Gasteiger partial charge on any atom is 0.229 e. The van der Waals surface area contributed by atoms with Gasteiger partial charge < -0.3 is 9.26 Å². The molecule has 0 unspecified atom stereocenters. The van der Waals surface area contributed by atoms with Crippen molar-refractivity contribution in [1.29, 1.82) is 0 Å². The minimum atomic E-state index is 0.243. The van der Waals surface area contributed by atoms with E-state index < -0.39 is 0 Å². The molecule has 2 rings (SSSR count). The predicted octanol–water partition coefficient (Wildman–Crippen LogP) is 3.39. The van der Waals surface area contributed by atoms with E-state index in [0.717, 1.165) is 11.3 Å². The summed E-state index contributed by atoms with van der Waals surface area (Å²) >= 11 is 0. The van der Waals surface area contributed by atoms with Crippen LogP contribution in [-0.2, 0) is 6.61 Å². The van der Waals surface area contributed by atoms with Crippen molar-refractivity contribution in [3.8, 4) is 5.75 Å². The van der Waals surface area contributed by atoms with Gasteiger partial charge in [-0.2, -0.15) is 4.98 Å². The van der Waals surface area contributed by atoms with Gasteiger partial charge in [0.1, 0.15) is 5.75 Å². The first-order chi connectivity index (χ1) is 8.56. The summed E-state index contributed by atoms with van der Waals surface area (Å²) in [5, 5.41) is 3.89. The maximum absolute atomic E-state index is 5.69. The fraction of sp³-hybridized carbons (Fsp3) is 0.429. The Morgan fingerprint density at radius 1 is 1.28 bits per heavy atom. The maximum atomic E-state index is 5.69. The predicted molar refractivity (Wildman–Crippen MR) is 68.6 cm³/mol. The number of benzene rings is 1. The van der Waals surface area contributed by atoms with E-state index in [9.17, 15) is 0 Å². The first kappa shape index (κ1) is 12.6. The third-order valence-electron chi connectivity index (χ3n) is 2.66. The fourth-order valence-electron chi connectivity index (χ4n) is 1.66. The lowest BCUT2D eigenvalue weighted by atomic mass is 10.1. The summed E-state index contributed by atoms with van der Waals surface area (Å²) in [5.41, 5.74) is 2.34. The molecule has 0 atom stereocenters. The van der Waals surface area contributed by atoms with E-state index in [1.807, 2.05) is 32.9 Å². The van der Waals surface area contributed by atoms with Crippen molar-refractivity contribution < 1.29 is 9.26 Å². The Kier molecular flexibility index (Phi) is 3.65. The van der Waals surface area contributed by atoms with Crippen LogP contribution in [0.2, 0.25) is 0 Å². The van der Waals surface area contributed by atoms with E-state index in [4.69, 9.17) is 9.26 Å². The van der Waals surface area contributed by atoms with Gasteiger partial charge in [-0.15, -0.1) is 0 Å². The second kappa shape index (κ2) is 5.21. The van der Waals surface area contributed by atoms with Crippen molar-refractivity contribution in [2.24, 2.45) is 0 Å². The van der Waals surface area contributed by atoms with E-state index in [1.54, 1.807) is 0 Å². The molecular weight excluding hydrogens is 228 g/mol. The summed E-state index contributed by atoms with van der Waals surface area (Å²) in [4.78, 5) is 4.27. The minimum Gasteiger partial charge on any atom is -0.485 e. The first-order valence-corrected chi connectivity index (χ1v) is 6.09. The Morgan fingerprint density at radius 3 is 2.67 bits per heavy atom. The molecule has 96 valence electrons. The molecule has 2 aromatic rings. The number of aromatic nitrogens is 2. The first-order valence-electron chi connectivity index (χ1n) is 6.09. The molecule has 0 fully saturated rings. The molecule has 4 nitrogen and oxygen atoms in total. The van der Waals surface area contributed by atoms with Crippen LogP contribution < -0.4 is 4.74 Å². The smallest absolute Gasteiger partial charge is 0.229 e. The van der Waals surface area contributed by atoms with Crippen LogP contribution in [0.5, 0.6) is 5.75 Å². The Bertz CT molecular complexity index is 532. The third-order valence-corrected chi connectivity index (χ3v) is 2.66. The van der Waals surface area contributed by atoms with Crippen molar-refractivity contribution in [3.63, 3.8) is 0 Å². The highest BCUT2D eigenvalue weighted by atomic mass is 16.5. The monoisotopic (exact) mass is 246 g/mol. The molecule has 0 spiro atoms. The number of hydrogen-bond acceptors (Lipinski definition) is 4. The van der Waals surface area contributed by atoms with Crippen molar-refractivity contribution in [2.45, 2.75) is 40.2 Å². The summed E-state index contributed by atoms with van der Waals surface area (Å²) in [5.74, 6) is 2.33. The Hall–Kier alpha value is -1.84. The van der Waals surface area contributed by atoms with Crippen LogP contribution in [0, 0.1) is 13.8 Å². The van der Waals surface area contributed by atoms with Gasteiger partial charge >= 0.3 is 0 Å². The van der Waals surface area contributed by atoms with Crippen LogP contribution in [0.4, 0.5) is 0 Å². The molecule has 1 heterocycles. The van der Waals surface area contributed by atoms with Gasteiger partial charge in [0.05, 0.1) is 0 Å². The van der Waals surface area contributed by atoms with Gasteiger partial charge in [-0.25, -0.2) is 0 Å². The van der Waals surface area contributed by atoms with Gasteiger partial charge in [0.2, 0.25) is 11.7 Å². The largest absolute Gasteiger partial charge is 0.485 e. The molecule has 0 aliphatic rings. The molecule has 1 aromatic carbocycles. The molecule has 0 saturated heterocycles. The average molecular weight is 246 g/mol. The topological polar surface area (TPSA) is 48.2 Å². The summed E-state index contributed by atoms with van der Waals surface area (Å²) < 4.78 is 10.8. The summed E-state index contributed by atoms with van der Waals surface area (Å²) in [6.45, 7) is 8.45. The van der Waals surface area contributed by atoms with Crippen LogP contribution in [0.3, 0.4) is 0 Å². The van der Waals surface area contributed by atoms with E-state index in [1.165, 1.54) is 5.56 Å². The van der Waals surface area contributed by atoms with Gasteiger partial charge in [0, 0.05) is 5.92 Å². The molecule has 0 aliphatic heterocycles. The summed E-state index contributed by atoms with van der Waals surface area (Å²) in [6.07, 6.45) is 0. The number of nitrogens with zero attached hydrogens (tertiary/aromatic N) is 2. The molecule has 0 radical (unpaired) electrons. The molecule has 0 aliphatic carbocycles. The SMILES string of the molecule is Cc1ccc(OCc2noc(C(C)C)n2)c(C)c1. The number of aryl methyl sites for hydroxylation is 2. The van der Waals surface area contributed by atoms with E-state index >= 15 is 0 Å². The van der Waals surface area contributed by atoms with Crippen molar-refractivity contribution in [2.75, 3.05) is 0 Å². The number of ether oxygens (including phenoxy) is 1. The van der Waals surface area contributed by atoms with E-state index in [0.29, 0.717) is 18.3 Å². The second-order valence-corrected chi connectivity index (χ2v) is 4.76. The molecule has 4 heteroatoms. The molecule has 0 saturated carbocycles. The standard InChI is InChI=1S/C14H18N2O2/c1-9(2)14-15-13(16-18-14)8-17-12-6-5-10(3)7-11(12)4/h5-7,9H,8H2,1-4H3. The zero-order chi connectivity index (χ0) is 13.1. The van der Waals surface area contributed by atoms with Crippen LogP contribution in [0.25, 0.3) is 0 Å². The average Bonchev–Trinajstić information content (AvgIpc) is 2.76. The van der Waals surface area contributed by atoms with Crippen molar-refractivity contribution in [3.05, 3.63) is 41.0 Å². The minimum absolute atomic E-state index is 0.243. The summed E-state index contributed by atoms with van der Waals surface area (Å²) in [7, 11) is 0. The highest BCUT2D eigenvalue weighted by Crippen LogP contribution is 2.20. The van der Waals surface area contributed by atoms with Crippen molar-refractivity contribution >= 4 is 0 Å². The lowest BCUT2D eigenvalue weighted by Crippen LogP contribution is -1.99. The normalized spacial score (nSPS) is 10.9. The highest BCUT2D eigenvalue weighted by Gasteiger charge is 2.10. The molecule has 1 aromatic heterocycles. The lowest BCUT2D eigenvalue weighted by Gasteiger charge is -2.07. The highest BCUT2D eigenvalue weighted by molar-refractivity contribution is 5.35. The molecule has 0 bridgehead atoms. The summed E-state index contributed by atoms with van der Waals surface area (Å²) in [6, 6.07) is 6.08. The van der Waals surface area contributed by atoms with Gasteiger partial charge in [-0.05, 0) is 25.5 Å². The van der Waals surface area contributed by atoms with Gasteiger partial charge in [-0.3, -0.25) is 0 Å². The van der Waals surface area contributed by atoms with Crippen LogP contribution in [0.15, 0.2) is 22.7 Å². The Labute approximate surface area is 107 Å². The second-order valence-electron chi connectivity index (χ2n) is 4.76. The van der Waals surface area contributed by atoms with Gasteiger partial charge in [-0.1, -0.05) is 36.7 Å². The van der Waals surface area contributed by atoms with E-state index in [2.05, 4.69) is 23.1 Å². The quantitative estimate of drug-likeness (QED) is 0.829. The van der Waals surface area contributed by atoms with Crippen molar-refractivity contribution in [1.82, 2.24) is 10.1 Å². The number of hydrogen-bond donors (Lipinski definition) is 0. The van der Waals surface area contributed by atoms with Crippen LogP contribution in [-0.4, -0.2) is 10.1 Å². The lowest BCUT2D eigenvalue weighted by molar-refractivity contribution is 0.282. The Morgan fingerprint density at radius 2 is 2.06 bits per heavy atom. The van der Waals surface area contributed by atoms with Gasteiger partial charge in [0.25, 0.3) is 0 Å². The molecular formula is C14H18N2O2. The zero-order valence-corrected chi connectivity index (χ0v) is 11.2. The zero-order valence-electron chi connectivity index (χ0n) is 11.2. The van der Waals surface area contributed by atoms with Crippen LogP contribution in [0.1, 0.15) is 42.6 Å². The molecule has 0 N–H and O–H groups in total. The molecule has 18 heavy (non-hydrogen) atoms. The Balaban J connectivity index is 2.02. The van der Waals surface area contributed by atoms with E-state index in [-0.39, 0.29) is 5.92 Å².